The molecule has 4 amide bonds. The lowest BCUT2D eigenvalue weighted by Crippen LogP contribution is -2.42. The molecular weight excluding hydrogens is 656 g/mol. The highest BCUT2D eigenvalue weighted by molar-refractivity contribution is 5.87. The van der Waals surface area contributed by atoms with Crippen LogP contribution in [0, 0.1) is 5.92 Å². The van der Waals surface area contributed by atoms with Gasteiger partial charge in [0.1, 0.15) is 6.04 Å². The number of rotatable bonds is 34. The number of nitrogens with one attached hydrogen (secondary N) is 4. The molecule has 0 spiro atoms. The minimum atomic E-state index is -1.28. The van der Waals surface area contributed by atoms with Gasteiger partial charge in [0.15, 0.2) is 0 Å². The average molecular weight is 717 g/mol. The molecule has 7 N–H and O–H groups in total. The first-order valence-corrected chi connectivity index (χ1v) is 17.8. The molecule has 0 radical (unpaired) electrons. The second-order valence-corrected chi connectivity index (χ2v) is 12.2. The Kier molecular flexibility index (Phi) is 28.8. The maximum Gasteiger partial charge on any atom is 0.326 e. The number of hydrogen-bond donors (Lipinski definition) is 7. The largest absolute Gasteiger partial charge is 0.481 e. The standard InChI is InChI=1S/C34H60N4O12/c1-26(33(45)46)12-6-7-19-35-29(40)16-15-27(34(47)48)38-31(42)18-17-30(41)37-21-11-25-50-23-9-8-22-49-24-10-20-36-28(39)13-4-2-3-5-14-32(43)44/h26-27H,2-25H2,1H3,(H,35,40)(H,36,39)(H,37,41)(H,38,42)(H,43,44)(H,45,46)(H,47,48)/t26-,27-/m0/s1. The third-order valence-corrected chi connectivity index (χ3v) is 7.63. The van der Waals surface area contributed by atoms with Gasteiger partial charge < -0.3 is 46.1 Å². The molecule has 0 heterocycles. The number of ether oxygens (including phenoxy) is 2. The molecule has 2 atom stereocenters. The molecule has 0 aromatic rings. The number of amides is 4. The zero-order chi connectivity index (χ0) is 37.4. The van der Waals surface area contributed by atoms with Gasteiger partial charge in [-0.3, -0.25) is 28.8 Å². The lowest BCUT2D eigenvalue weighted by Gasteiger charge is -2.14. The summed E-state index contributed by atoms with van der Waals surface area (Å²) in [4.78, 5) is 80.8. The lowest BCUT2D eigenvalue weighted by molar-refractivity contribution is -0.142. The summed E-state index contributed by atoms with van der Waals surface area (Å²) in [5, 5.41) is 37.4. The fourth-order valence-corrected chi connectivity index (χ4v) is 4.55. The summed E-state index contributed by atoms with van der Waals surface area (Å²) in [6.45, 7) is 5.06. The smallest absolute Gasteiger partial charge is 0.326 e. The number of carbonyl (C=O) groups excluding carboxylic acids is 4. The summed E-state index contributed by atoms with van der Waals surface area (Å²) >= 11 is 0. The first-order valence-electron chi connectivity index (χ1n) is 17.8. The van der Waals surface area contributed by atoms with Gasteiger partial charge in [0, 0.05) is 78.2 Å². The molecule has 0 aliphatic carbocycles. The Hall–Kier alpha value is -3.79. The van der Waals surface area contributed by atoms with Crippen LogP contribution in [0.1, 0.15) is 116 Å². The second-order valence-electron chi connectivity index (χ2n) is 12.2. The molecular formula is C34H60N4O12. The maximum atomic E-state index is 12.2. The Morgan fingerprint density at radius 3 is 1.50 bits per heavy atom. The van der Waals surface area contributed by atoms with Crippen LogP contribution in [0.15, 0.2) is 0 Å². The summed E-state index contributed by atoms with van der Waals surface area (Å²) in [7, 11) is 0. The van der Waals surface area contributed by atoms with E-state index in [1.54, 1.807) is 6.92 Å². The van der Waals surface area contributed by atoms with Crippen LogP contribution < -0.4 is 21.3 Å². The van der Waals surface area contributed by atoms with Crippen LogP contribution in [0.4, 0.5) is 0 Å². The van der Waals surface area contributed by atoms with Crippen molar-refractivity contribution >= 4 is 41.5 Å². The van der Waals surface area contributed by atoms with Crippen LogP contribution in [0.5, 0.6) is 0 Å². The predicted molar refractivity (Wildman–Crippen MR) is 183 cm³/mol. The van der Waals surface area contributed by atoms with Crippen LogP contribution in [-0.4, -0.2) is 109 Å². The zero-order valence-electron chi connectivity index (χ0n) is 29.6. The number of carboxylic acid groups (broad SMARTS) is 3. The third-order valence-electron chi connectivity index (χ3n) is 7.63. The molecule has 0 bridgehead atoms. The van der Waals surface area contributed by atoms with Crippen molar-refractivity contribution in [2.45, 2.75) is 122 Å². The van der Waals surface area contributed by atoms with Gasteiger partial charge in [-0.05, 0) is 57.8 Å². The molecule has 16 heteroatoms. The van der Waals surface area contributed by atoms with Crippen molar-refractivity contribution in [3.05, 3.63) is 0 Å². The maximum absolute atomic E-state index is 12.2. The van der Waals surface area contributed by atoms with Crippen LogP contribution in [-0.2, 0) is 43.0 Å². The van der Waals surface area contributed by atoms with Crippen molar-refractivity contribution in [1.82, 2.24) is 21.3 Å². The summed E-state index contributed by atoms with van der Waals surface area (Å²) in [5.41, 5.74) is 0. The SMILES string of the molecule is C[C@@H](CCCCNC(=O)CC[C@H](NC(=O)CCC(=O)NCCCOCCCCOCCCNC(=O)CCCCCCC(=O)O)C(=O)O)C(=O)O. The topological polar surface area (TPSA) is 247 Å². The Labute approximate surface area is 295 Å². The highest BCUT2D eigenvalue weighted by Crippen LogP contribution is 2.08. The Balaban J connectivity index is 3.70. The summed E-state index contributed by atoms with van der Waals surface area (Å²) in [6.07, 6.45) is 7.88. The van der Waals surface area contributed by atoms with Crippen LogP contribution in [0.2, 0.25) is 0 Å². The normalized spacial score (nSPS) is 12.0. The highest BCUT2D eigenvalue weighted by Gasteiger charge is 2.21. The Morgan fingerprint density at radius 2 is 0.960 bits per heavy atom. The van der Waals surface area contributed by atoms with Crippen molar-refractivity contribution in [3.63, 3.8) is 0 Å². The van der Waals surface area contributed by atoms with Gasteiger partial charge in [-0.15, -0.1) is 0 Å². The van der Waals surface area contributed by atoms with Crippen molar-refractivity contribution < 1.29 is 58.4 Å². The number of hydrogen-bond acceptors (Lipinski definition) is 9. The molecule has 0 saturated carbocycles. The van der Waals surface area contributed by atoms with Crippen LogP contribution in [0.25, 0.3) is 0 Å². The monoisotopic (exact) mass is 716 g/mol. The molecule has 16 nitrogen and oxygen atoms in total. The van der Waals surface area contributed by atoms with Gasteiger partial charge in [0.2, 0.25) is 23.6 Å². The lowest BCUT2D eigenvalue weighted by atomic mass is 10.0. The number of carbonyl (C=O) groups is 7. The van der Waals surface area contributed by atoms with Crippen molar-refractivity contribution in [1.29, 1.82) is 0 Å². The van der Waals surface area contributed by atoms with Crippen molar-refractivity contribution in [3.8, 4) is 0 Å². The van der Waals surface area contributed by atoms with Crippen molar-refractivity contribution in [2.75, 3.05) is 46.1 Å². The average Bonchev–Trinajstić information content (AvgIpc) is 3.06. The van der Waals surface area contributed by atoms with Gasteiger partial charge in [-0.2, -0.15) is 0 Å². The molecule has 0 rings (SSSR count). The van der Waals surface area contributed by atoms with Gasteiger partial charge in [-0.1, -0.05) is 26.2 Å². The summed E-state index contributed by atoms with van der Waals surface area (Å²) < 4.78 is 11.1. The summed E-state index contributed by atoms with van der Waals surface area (Å²) in [5.74, 6) is -4.69. The van der Waals surface area contributed by atoms with Crippen LogP contribution >= 0.6 is 0 Å². The molecule has 0 aromatic heterocycles. The van der Waals surface area contributed by atoms with E-state index < -0.39 is 35.8 Å². The van der Waals surface area contributed by atoms with E-state index in [2.05, 4.69) is 21.3 Å². The van der Waals surface area contributed by atoms with Gasteiger partial charge in [0.05, 0.1) is 5.92 Å². The van der Waals surface area contributed by atoms with E-state index in [1.807, 2.05) is 0 Å². The first-order chi connectivity index (χ1) is 23.9. The molecule has 0 saturated heterocycles. The highest BCUT2D eigenvalue weighted by atomic mass is 16.5. The minimum absolute atomic E-state index is 0.00147. The fourth-order valence-electron chi connectivity index (χ4n) is 4.55. The number of unbranched alkanes of at least 4 members (excludes halogenated alkanes) is 5. The van der Waals surface area contributed by atoms with E-state index in [0.717, 1.165) is 38.5 Å². The Morgan fingerprint density at radius 1 is 0.480 bits per heavy atom. The third kappa shape index (κ3) is 30.3. The molecule has 50 heavy (non-hydrogen) atoms. The van der Waals surface area contributed by atoms with E-state index in [-0.39, 0.29) is 49.8 Å². The Bertz CT molecular complexity index is 1010. The summed E-state index contributed by atoms with van der Waals surface area (Å²) in [6, 6.07) is -1.26. The quantitative estimate of drug-likeness (QED) is 0.0475. The van der Waals surface area contributed by atoms with Gasteiger partial charge >= 0.3 is 17.9 Å². The van der Waals surface area contributed by atoms with E-state index in [9.17, 15) is 38.7 Å². The van der Waals surface area contributed by atoms with E-state index in [4.69, 9.17) is 19.7 Å². The first kappa shape index (κ1) is 46.2. The minimum Gasteiger partial charge on any atom is -0.481 e. The molecule has 0 aliphatic heterocycles. The van der Waals surface area contributed by atoms with E-state index in [1.165, 1.54) is 0 Å². The van der Waals surface area contributed by atoms with Gasteiger partial charge in [-0.25, -0.2) is 4.79 Å². The van der Waals surface area contributed by atoms with Gasteiger partial charge in [0.25, 0.3) is 0 Å². The number of carboxylic acids is 3. The van der Waals surface area contributed by atoms with E-state index >= 15 is 0 Å². The van der Waals surface area contributed by atoms with Crippen molar-refractivity contribution in [2.24, 2.45) is 5.92 Å². The fraction of sp³-hybridized carbons (Fsp3) is 0.794. The molecule has 0 aromatic carbocycles. The molecule has 0 fully saturated rings. The van der Waals surface area contributed by atoms with E-state index in [0.29, 0.717) is 84.6 Å². The number of aliphatic carboxylic acids is 3. The molecule has 288 valence electrons. The molecule has 0 aliphatic rings. The second kappa shape index (κ2) is 31.2. The predicted octanol–water partition coefficient (Wildman–Crippen LogP) is 2.37. The molecule has 0 unspecified atom stereocenters. The van der Waals surface area contributed by atoms with Crippen LogP contribution in [0.3, 0.4) is 0 Å². The zero-order valence-corrected chi connectivity index (χ0v) is 29.6.